The highest BCUT2D eigenvalue weighted by Gasteiger charge is 2.42. The van der Waals surface area contributed by atoms with Gasteiger partial charge in [0.1, 0.15) is 28.9 Å². The molecule has 0 aliphatic carbocycles. The van der Waals surface area contributed by atoms with Gasteiger partial charge in [-0.1, -0.05) is 18.2 Å². The van der Waals surface area contributed by atoms with Gasteiger partial charge in [-0.15, -0.1) is 0 Å². The van der Waals surface area contributed by atoms with Crippen molar-refractivity contribution in [2.45, 2.75) is 50.3 Å². The summed E-state index contributed by atoms with van der Waals surface area (Å²) in [6.07, 6.45) is 0.813. The lowest BCUT2D eigenvalue weighted by molar-refractivity contribution is 0.0180. The molecule has 36 heavy (non-hydrogen) atoms. The standard InChI is InChI=1S/C26H30F3N3O3S/c1-15-10-20-19-6-3-4-7-23(19)30-25(20)26(32(15)16(2)36(33)34)24-21(28)11-17(12-22(24)29)35-18-13-31(14-18)9-5-8-27/h3-4,6-7,11-12,15-16,18,26,30H,5,8-10,13-14H2,1-2H3,(H,33,34)/t15-,16?,26-/m1/s1. The number of halogens is 3. The number of aromatic amines is 1. The highest BCUT2D eigenvalue weighted by Crippen LogP contribution is 2.44. The van der Waals surface area contributed by atoms with Gasteiger partial charge in [0, 0.05) is 60.0 Å². The van der Waals surface area contributed by atoms with Crippen LogP contribution < -0.4 is 4.74 Å². The van der Waals surface area contributed by atoms with Crippen LogP contribution in [0, 0.1) is 11.6 Å². The summed E-state index contributed by atoms with van der Waals surface area (Å²) in [5.41, 5.74) is 2.25. The molecule has 6 nitrogen and oxygen atoms in total. The summed E-state index contributed by atoms with van der Waals surface area (Å²) in [6.45, 7) is 4.90. The van der Waals surface area contributed by atoms with Crippen LogP contribution in [0.3, 0.4) is 0 Å². The van der Waals surface area contributed by atoms with E-state index in [-0.39, 0.29) is 30.1 Å². The zero-order chi connectivity index (χ0) is 25.6. The van der Waals surface area contributed by atoms with Crippen LogP contribution in [0.4, 0.5) is 13.2 Å². The van der Waals surface area contributed by atoms with Crippen LogP contribution in [-0.4, -0.2) is 67.4 Å². The van der Waals surface area contributed by atoms with Gasteiger partial charge in [-0.25, -0.2) is 13.0 Å². The predicted octanol–water partition coefficient (Wildman–Crippen LogP) is 4.77. The molecule has 0 spiro atoms. The first-order valence-electron chi connectivity index (χ1n) is 12.2. The van der Waals surface area contributed by atoms with E-state index in [1.807, 2.05) is 36.1 Å². The van der Waals surface area contributed by atoms with Crippen molar-refractivity contribution in [3.05, 3.63) is 64.9 Å². The van der Waals surface area contributed by atoms with Crippen LogP contribution in [0.2, 0.25) is 0 Å². The van der Waals surface area contributed by atoms with Crippen LogP contribution in [0.25, 0.3) is 10.9 Å². The molecular formula is C26H30F3N3O3S. The van der Waals surface area contributed by atoms with Crippen molar-refractivity contribution in [3.8, 4) is 5.75 Å². The molecule has 10 heteroatoms. The summed E-state index contributed by atoms with van der Waals surface area (Å²) in [6, 6.07) is 8.89. The first-order valence-corrected chi connectivity index (χ1v) is 13.4. The maximum absolute atomic E-state index is 15.7. The third-order valence-corrected chi connectivity index (χ3v) is 8.13. The maximum Gasteiger partial charge on any atom is 0.170 e. The molecule has 2 aliphatic heterocycles. The van der Waals surface area contributed by atoms with Gasteiger partial charge in [-0.05, 0) is 38.3 Å². The number of hydrogen-bond acceptors (Lipinski definition) is 4. The number of fused-ring (bicyclic) bond motifs is 3. The molecule has 4 atom stereocenters. The Balaban J connectivity index is 1.51. The van der Waals surface area contributed by atoms with E-state index in [1.165, 1.54) is 12.1 Å². The topological polar surface area (TPSA) is 68.8 Å². The number of nitrogens with zero attached hydrogens (tertiary/aromatic N) is 2. The molecule has 3 aromatic rings. The van der Waals surface area contributed by atoms with E-state index in [2.05, 4.69) is 4.98 Å². The van der Waals surface area contributed by atoms with Crippen molar-refractivity contribution >= 4 is 22.0 Å². The number of aromatic nitrogens is 1. The minimum absolute atomic E-state index is 0.0925. The summed E-state index contributed by atoms with van der Waals surface area (Å²) < 4.78 is 71.5. The van der Waals surface area contributed by atoms with Crippen molar-refractivity contribution in [2.24, 2.45) is 0 Å². The molecule has 2 aromatic carbocycles. The molecule has 2 N–H and O–H groups in total. The van der Waals surface area contributed by atoms with E-state index in [0.29, 0.717) is 38.2 Å². The van der Waals surface area contributed by atoms with Gasteiger partial charge < -0.3 is 14.3 Å². The number of H-pyrrole nitrogens is 1. The molecule has 2 aliphatic rings. The molecule has 194 valence electrons. The smallest absolute Gasteiger partial charge is 0.170 e. The Morgan fingerprint density at radius 1 is 1.22 bits per heavy atom. The van der Waals surface area contributed by atoms with Crippen LogP contribution in [-0.2, 0) is 17.5 Å². The van der Waals surface area contributed by atoms with Gasteiger partial charge in [0.2, 0.25) is 0 Å². The van der Waals surface area contributed by atoms with Gasteiger partial charge in [0.25, 0.3) is 0 Å². The minimum Gasteiger partial charge on any atom is -0.488 e. The highest BCUT2D eigenvalue weighted by atomic mass is 32.2. The molecule has 1 saturated heterocycles. The highest BCUT2D eigenvalue weighted by molar-refractivity contribution is 7.79. The summed E-state index contributed by atoms with van der Waals surface area (Å²) >= 11 is -2.23. The molecule has 1 aromatic heterocycles. The van der Waals surface area contributed by atoms with Crippen molar-refractivity contribution in [2.75, 3.05) is 26.3 Å². The number of rotatable bonds is 8. The molecule has 0 bridgehead atoms. The number of likely N-dealkylation sites (tertiary alicyclic amines) is 1. The Kier molecular flexibility index (Phi) is 7.13. The van der Waals surface area contributed by atoms with Crippen LogP contribution >= 0.6 is 0 Å². The minimum atomic E-state index is -2.23. The fourth-order valence-corrected chi connectivity index (χ4v) is 6.13. The third kappa shape index (κ3) is 4.55. The quantitative estimate of drug-likeness (QED) is 0.418. The second kappa shape index (κ2) is 10.2. The zero-order valence-corrected chi connectivity index (χ0v) is 21.0. The number of hydrogen-bond donors (Lipinski definition) is 2. The van der Waals surface area contributed by atoms with Crippen LogP contribution in [0.5, 0.6) is 5.75 Å². The Labute approximate surface area is 210 Å². The number of benzene rings is 2. The lowest BCUT2D eigenvalue weighted by atomic mass is 9.88. The SMILES string of the molecule is CC(N1[C@H](c2c(F)cc(OC3CN(CCCF)C3)cc2F)c2[nH]c3ccccc3c2C[C@H]1C)S(=O)O. The number of alkyl halides is 1. The van der Waals surface area contributed by atoms with Gasteiger partial charge >= 0.3 is 0 Å². The fraction of sp³-hybridized carbons (Fsp3) is 0.462. The van der Waals surface area contributed by atoms with E-state index in [4.69, 9.17) is 4.74 Å². The molecule has 0 saturated carbocycles. The summed E-state index contributed by atoms with van der Waals surface area (Å²) in [4.78, 5) is 7.07. The molecule has 3 heterocycles. The second-order valence-electron chi connectivity index (χ2n) is 9.68. The summed E-state index contributed by atoms with van der Waals surface area (Å²) in [5.74, 6) is -1.46. The Morgan fingerprint density at radius 3 is 2.58 bits per heavy atom. The fourth-order valence-electron chi connectivity index (χ4n) is 5.59. The van der Waals surface area contributed by atoms with Gasteiger partial charge in [0.05, 0.1) is 12.7 Å². The molecule has 0 radical (unpaired) electrons. The second-order valence-corrected chi connectivity index (χ2v) is 10.9. The monoisotopic (exact) mass is 521 g/mol. The molecule has 0 amide bonds. The molecule has 1 fully saturated rings. The average Bonchev–Trinajstić information content (AvgIpc) is 3.17. The normalized spacial score (nSPS) is 22.8. The van der Waals surface area contributed by atoms with Gasteiger partial charge in [-0.3, -0.25) is 14.2 Å². The van der Waals surface area contributed by atoms with E-state index in [1.54, 1.807) is 11.8 Å². The third-order valence-electron chi connectivity index (χ3n) is 7.30. The van der Waals surface area contributed by atoms with Crippen molar-refractivity contribution in [1.29, 1.82) is 0 Å². The van der Waals surface area contributed by atoms with E-state index >= 15 is 8.78 Å². The first kappa shape index (κ1) is 25.3. The van der Waals surface area contributed by atoms with Crippen molar-refractivity contribution in [3.63, 3.8) is 0 Å². The Morgan fingerprint density at radius 2 is 1.92 bits per heavy atom. The Bertz CT molecular complexity index is 1260. The van der Waals surface area contributed by atoms with E-state index in [0.717, 1.165) is 16.5 Å². The number of para-hydroxylation sites is 1. The molecule has 2 unspecified atom stereocenters. The molecular weight excluding hydrogens is 491 g/mol. The zero-order valence-electron chi connectivity index (χ0n) is 20.2. The average molecular weight is 522 g/mol. The van der Waals surface area contributed by atoms with Crippen LogP contribution in [0.1, 0.15) is 43.1 Å². The van der Waals surface area contributed by atoms with Gasteiger partial charge in [0.15, 0.2) is 11.1 Å². The number of nitrogens with one attached hydrogen (secondary N) is 1. The Hall–Kier alpha value is -2.40. The summed E-state index contributed by atoms with van der Waals surface area (Å²) in [5, 5.41) is 0.120. The van der Waals surface area contributed by atoms with Crippen molar-refractivity contribution in [1.82, 2.24) is 14.8 Å². The maximum atomic E-state index is 15.7. The van der Waals surface area contributed by atoms with Crippen molar-refractivity contribution < 1.29 is 26.7 Å². The summed E-state index contributed by atoms with van der Waals surface area (Å²) in [7, 11) is 0. The largest absolute Gasteiger partial charge is 0.488 e. The lowest BCUT2D eigenvalue weighted by Crippen LogP contribution is -2.53. The first-order chi connectivity index (χ1) is 17.3. The van der Waals surface area contributed by atoms with E-state index < -0.39 is 34.1 Å². The van der Waals surface area contributed by atoms with Gasteiger partial charge in [-0.2, -0.15) is 0 Å². The lowest BCUT2D eigenvalue weighted by Gasteiger charge is -2.43. The van der Waals surface area contributed by atoms with Crippen LogP contribution in [0.15, 0.2) is 36.4 Å². The molecule has 5 rings (SSSR count). The predicted molar refractivity (Wildman–Crippen MR) is 133 cm³/mol. The van der Waals surface area contributed by atoms with E-state index in [9.17, 15) is 13.2 Å². The number of ether oxygens (including phenoxy) is 1.